The highest BCUT2D eigenvalue weighted by atomic mass is 32.2. The molecule has 7 nitrogen and oxygen atoms in total. The molecule has 0 radical (unpaired) electrons. The normalized spacial score (nSPS) is 10.8. The topological polar surface area (TPSA) is 71.3 Å². The largest absolute Gasteiger partial charge is 0.348 e. The maximum atomic E-state index is 12.1. The highest BCUT2D eigenvalue weighted by Crippen LogP contribution is 2.20. The third-order valence-electron chi connectivity index (χ3n) is 2.50. The van der Waals surface area contributed by atoms with Crippen molar-refractivity contribution in [3.05, 3.63) is 5.82 Å². The second kappa shape index (κ2) is 6.74. The van der Waals surface area contributed by atoms with E-state index in [1.807, 2.05) is 13.8 Å². The second-order valence-electron chi connectivity index (χ2n) is 5.07. The van der Waals surface area contributed by atoms with Crippen molar-refractivity contribution >= 4 is 23.7 Å². The molecule has 2 amide bonds. The van der Waals surface area contributed by atoms with E-state index in [-0.39, 0.29) is 23.6 Å². The van der Waals surface area contributed by atoms with Crippen LogP contribution in [0.3, 0.4) is 0 Å². The maximum absolute atomic E-state index is 12.1. The monoisotopic (exact) mass is 299 g/mol. The fourth-order valence-electron chi connectivity index (χ4n) is 1.22. The van der Waals surface area contributed by atoms with E-state index in [0.29, 0.717) is 11.0 Å². The van der Waals surface area contributed by atoms with Gasteiger partial charge in [-0.05, 0) is 0 Å². The molecule has 8 heteroatoms. The lowest BCUT2D eigenvalue weighted by Crippen LogP contribution is -2.29. The standard InChI is InChI=1S/C12H21N5O2S/c1-8(2)10-13-11(20-7-9(18)15(3)4)17(14-10)12(19)16(5)6/h8H,7H2,1-6H3. The molecule has 1 aromatic heterocycles. The lowest BCUT2D eigenvalue weighted by molar-refractivity contribution is -0.125. The van der Waals surface area contributed by atoms with Crippen LogP contribution in [0.15, 0.2) is 5.16 Å². The van der Waals surface area contributed by atoms with Crippen LogP contribution in [0.2, 0.25) is 0 Å². The Morgan fingerprint density at radius 1 is 1.20 bits per heavy atom. The molecule has 112 valence electrons. The minimum Gasteiger partial charge on any atom is -0.348 e. The van der Waals surface area contributed by atoms with Gasteiger partial charge >= 0.3 is 6.03 Å². The SMILES string of the molecule is CC(C)c1nc(SCC(=O)N(C)C)n(C(=O)N(C)C)n1. The highest BCUT2D eigenvalue weighted by molar-refractivity contribution is 7.99. The molecule has 0 atom stereocenters. The quantitative estimate of drug-likeness (QED) is 0.779. The Morgan fingerprint density at radius 3 is 2.25 bits per heavy atom. The average molecular weight is 299 g/mol. The highest BCUT2D eigenvalue weighted by Gasteiger charge is 2.20. The van der Waals surface area contributed by atoms with E-state index >= 15 is 0 Å². The van der Waals surface area contributed by atoms with Gasteiger partial charge in [-0.3, -0.25) is 4.79 Å². The molecule has 0 N–H and O–H groups in total. The number of hydrogen-bond acceptors (Lipinski definition) is 5. The first kappa shape index (κ1) is 16.5. The van der Waals surface area contributed by atoms with Crippen molar-refractivity contribution in [1.82, 2.24) is 24.6 Å². The molecule has 0 aliphatic carbocycles. The summed E-state index contributed by atoms with van der Waals surface area (Å²) in [5, 5.41) is 4.67. The van der Waals surface area contributed by atoms with Gasteiger partial charge in [0.05, 0.1) is 5.75 Å². The Hall–Kier alpha value is -1.57. The van der Waals surface area contributed by atoms with Gasteiger partial charge in [0.2, 0.25) is 5.91 Å². The van der Waals surface area contributed by atoms with Gasteiger partial charge < -0.3 is 9.80 Å². The molecule has 0 saturated heterocycles. The predicted molar refractivity (Wildman–Crippen MR) is 78.0 cm³/mol. The maximum Gasteiger partial charge on any atom is 0.346 e. The van der Waals surface area contributed by atoms with Crippen molar-refractivity contribution in [3.63, 3.8) is 0 Å². The second-order valence-corrected chi connectivity index (χ2v) is 6.02. The van der Waals surface area contributed by atoms with Gasteiger partial charge in [-0.1, -0.05) is 25.6 Å². The van der Waals surface area contributed by atoms with Crippen molar-refractivity contribution in [2.24, 2.45) is 0 Å². The number of thioether (sulfide) groups is 1. The van der Waals surface area contributed by atoms with Crippen molar-refractivity contribution < 1.29 is 9.59 Å². The molecule has 0 unspecified atom stereocenters. The van der Waals surface area contributed by atoms with Crippen LogP contribution >= 0.6 is 11.8 Å². The molecule has 0 aromatic carbocycles. The van der Waals surface area contributed by atoms with Crippen LogP contribution in [-0.4, -0.2) is 70.4 Å². The molecule has 0 aliphatic rings. The summed E-state index contributed by atoms with van der Waals surface area (Å²) in [7, 11) is 6.69. The Labute approximate surface area is 123 Å². The number of nitrogens with zero attached hydrogens (tertiary/aromatic N) is 5. The van der Waals surface area contributed by atoms with Crippen LogP contribution in [-0.2, 0) is 4.79 Å². The van der Waals surface area contributed by atoms with E-state index < -0.39 is 0 Å². The number of amides is 2. The summed E-state index contributed by atoms with van der Waals surface area (Å²) in [6, 6.07) is -0.274. The zero-order chi connectivity index (χ0) is 15.4. The number of rotatable bonds is 4. The van der Waals surface area contributed by atoms with Crippen molar-refractivity contribution in [3.8, 4) is 0 Å². The van der Waals surface area contributed by atoms with Gasteiger partial charge in [0.25, 0.3) is 0 Å². The van der Waals surface area contributed by atoms with E-state index in [2.05, 4.69) is 10.1 Å². The first-order chi connectivity index (χ1) is 9.23. The van der Waals surface area contributed by atoms with Crippen LogP contribution in [0.25, 0.3) is 0 Å². The fraction of sp³-hybridized carbons (Fsp3) is 0.667. The molecule has 1 rings (SSSR count). The van der Waals surface area contributed by atoms with Crippen LogP contribution in [0.5, 0.6) is 0 Å². The number of carbonyl (C=O) groups excluding carboxylic acids is 2. The summed E-state index contributed by atoms with van der Waals surface area (Å²) in [6.07, 6.45) is 0. The van der Waals surface area contributed by atoms with Crippen LogP contribution < -0.4 is 0 Å². The molecule has 0 aliphatic heterocycles. The van der Waals surface area contributed by atoms with E-state index in [4.69, 9.17) is 0 Å². The first-order valence-corrected chi connectivity index (χ1v) is 7.24. The van der Waals surface area contributed by atoms with Gasteiger partial charge in [-0.25, -0.2) is 9.78 Å². The van der Waals surface area contributed by atoms with Crippen molar-refractivity contribution in [2.45, 2.75) is 24.9 Å². The van der Waals surface area contributed by atoms with Gasteiger partial charge in [0, 0.05) is 34.1 Å². The van der Waals surface area contributed by atoms with Gasteiger partial charge in [0.1, 0.15) is 0 Å². The van der Waals surface area contributed by atoms with Crippen molar-refractivity contribution in [2.75, 3.05) is 33.9 Å². The molecule has 0 bridgehead atoms. The van der Waals surface area contributed by atoms with Crippen molar-refractivity contribution in [1.29, 1.82) is 0 Å². The Morgan fingerprint density at radius 2 is 1.80 bits per heavy atom. The van der Waals surface area contributed by atoms with Crippen LogP contribution in [0.1, 0.15) is 25.6 Å². The van der Waals surface area contributed by atoms with Gasteiger partial charge in [-0.15, -0.1) is 5.10 Å². The molecule has 20 heavy (non-hydrogen) atoms. The van der Waals surface area contributed by atoms with E-state index in [0.717, 1.165) is 0 Å². The summed E-state index contributed by atoms with van der Waals surface area (Å²) in [6.45, 7) is 3.92. The number of carbonyl (C=O) groups is 2. The Bertz CT molecular complexity index is 496. The number of hydrogen-bond donors (Lipinski definition) is 0. The van der Waals surface area contributed by atoms with E-state index in [1.54, 1.807) is 28.2 Å². The Balaban J connectivity index is 2.98. The third kappa shape index (κ3) is 3.96. The molecular formula is C12H21N5O2S. The summed E-state index contributed by atoms with van der Waals surface area (Å²) in [4.78, 5) is 31.0. The number of aromatic nitrogens is 3. The summed E-state index contributed by atoms with van der Waals surface area (Å²) >= 11 is 1.22. The van der Waals surface area contributed by atoms with Crippen LogP contribution in [0.4, 0.5) is 4.79 Å². The minimum atomic E-state index is -0.274. The van der Waals surface area contributed by atoms with E-state index in [9.17, 15) is 9.59 Å². The van der Waals surface area contributed by atoms with Gasteiger partial charge in [0.15, 0.2) is 11.0 Å². The zero-order valence-corrected chi connectivity index (χ0v) is 13.6. The van der Waals surface area contributed by atoms with E-state index in [1.165, 1.54) is 26.2 Å². The molecule has 0 saturated carbocycles. The average Bonchev–Trinajstić information content (AvgIpc) is 2.78. The molecule has 0 spiro atoms. The smallest absolute Gasteiger partial charge is 0.346 e. The summed E-state index contributed by atoms with van der Waals surface area (Å²) in [5.41, 5.74) is 0. The summed E-state index contributed by atoms with van der Waals surface area (Å²) in [5.74, 6) is 0.910. The lowest BCUT2D eigenvalue weighted by atomic mass is 10.2. The van der Waals surface area contributed by atoms with Crippen LogP contribution in [0, 0.1) is 0 Å². The minimum absolute atomic E-state index is 0.0343. The predicted octanol–water partition coefficient (Wildman–Crippen LogP) is 1.11. The molecule has 1 heterocycles. The molecular weight excluding hydrogens is 278 g/mol. The molecule has 1 aromatic rings. The Kier molecular flexibility index (Phi) is 5.55. The lowest BCUT2D eigenvalue weighted by Gasteiger charge is -2.12. The molecule has 0 fully saturated rings. The zero-order valence-electron chi connectivity index (χ0n) is 12.7. The van der Waals surface area contributed by atoms with Gasteiger partial charge in [-0.2, -0.15) is 4.68 Å². The fourth-order valence-corrected chi connectivity index (χ4v) is 2.13. The third-order valence-corrected chi connectivity index (χ3v) is 3.41. The summed E-state index contributed by atoms with van der Waals surface area (Å²) < 4.78 is 1.25. The first-order valence-electron chi connectivity index (χ1n) is 6.25.